The summed E-state index contributed by atoms with van der Waals surface area (Å²) in [4.78, 5) is 25.5. The molecule has 1 aliphatic rings. The molecule has 2 aromatic rings. The SMILES string of the molecule is COCC(=O)Nc1ccc(C(O)C2COCC(=O)N2Cc2ccc(F)cc2)cc1. The maximum absolute atomic E-state index is 13.1. The van der Waals surface area contributed by atoms with Crippen LogP contribution in [0, 0.1) is 5.82 Å². The van der Waals surface area contributed by atoms with Crippen LogP contribution in [-0.2, 0) is 25.6 Å². The zero-order valence-electron chi connectivity index (χ0n) is 16.0. The van der Waals surface area contributed by atoms with Gasteiger partial charge in [-0.2, -0.15) is 0 Å². The van der Waals surface area contributed by atoms with E-state index in [2.05, 4.69) is 5.32 Å². The van der Waals surface area contributed by atoms with Crippen molar-refractivity contribution in [3.63, 3.8) is 0 Å². The quantitative estimate of drug-likeness (QED) is 0.738. The number of carbonyl (C=O) groups is 2. The van der Waals surface area contributed by atoms with Crippen LogP contribution >= 0.6 is 0 Å². The highest BCUT2D eigenvalue weighted by molar-refractivity contribution is 5.91. The van der Waals surface area contributed by atoms with E-state index in [1.165, 1.54) is 19.2 Å². The van der Waals surface area contributed by atoms with Crippen LogP contribution in [-0.4, -0.2) is 54.8 Å². The molecule has 0 bridgehead atoms. The maximum Gasteiger partial charge on any atom is 0.250 e. The molecule has 0 aromatic heterocycles. The van der Waals surface area contributed by atoms with Crippen molar-refractivity contribution in [3.8, 4) is 0 Å². The number of methoxy groups -OCH3 is 1. The summed E-state index contributed by atoms with van der Waals surface area (Å²) in [5, 5.41) is 13.5. The lowest BCUT2D eigenvalue weighted by atomic mass is 9.99. The molecule has 1 saturated heterocycles. The van der Waals surface area contributed by atoms with Gasteiger partial charge in [0.1, 0.15) is 25.1 Å². The van der Waals surface area contributed by atoms with Crippen molar-refractivity contribution in [3.05, 3.63) is 65.5 Å². The Labute approximate surface area is 168 Å². The zero-order valence-corrected chi connectivity index (χ0v) is 16.0. The number of anilines is 1. The molecule has 0 spiro atoms. The molecule has 2 N–H and O–H groups in total. The van der Waals surface area contributed by atoms with Gasteiger partial charge in [0.05, 0.1) is 12.6 Å². The van der Waals surface area contributed by atoms with E-state index in [-0.39, 0.29) is 44.0 Å². The number of morpholine rings is 1. The van der Waals surface area contributed by atoms with E-state index in [4.69, 9.17) is 9.47 Å². The minimum atomic E-state index is -0.983. The zero-order chi connectivity index (χ0) is 20.8. The summed E-state index contributed by atoms with van der Waals surface area (Å²) in [6.07, 6.45) is -0.983. The molecule has 2 unspecified atom stereocenters. The topological polar surface area (TPSA) is 88.1 Å². The lowest BCUT2D eigenvalue weighted by Gasteiger charge is -2.38. The average molecular weight is 402 g/mol. The summed E-state index contributed by atoms with van der Waals surface area (Å²) in [5.41, 5.74) is 1.92. The minimum absolute atomic E-state index is 0.0513. The van der Waals surface area contributed by atoms with Gasteiger partial charge in [0.15, 0.2) is 0 Å². The molecule has 2 amide bonds. The van der Waals surface area contributed by atoms with E-state index in [0.717, 1.165) is 5.56 Å². The number of rotatable bonds is 7. The predicted molar refractivity (Wildman–Crippen MR) is 103 cm³/mol. The number of benzene rings is 2. The summed E-state index contributed by atoms with van der Waals surface area (Å²) < 4.78 is 23.3. The molecule has 1 fully saturated rings. The van der Waals surface area contributed by atoms with Crippen LogP contribution in [0.25, 0.3) is 0 Å². The first-order chi connectivity index (χ1) is 14.0. The Morgan fingerprint density at radius 1 is 1.28 bits per heavy atom. The molecule has 1 aliphatic heterocycles. The van der Waals surface area contributed by atoms with Crippen molar-refractivity contribution < 1.29 is 28.6 Å². The summed E-state index contributed by atoms with van der Waals surface area (Å²) >= 11 is 0. The van der Waals surface area contributed by atoms with Crippen LogP contribution in [0.2, 0.25) is 0 Å². The van der Waals surface area contributed by atoms with Gasteiger partial charge >= 0.3 is 0 Å². The van der Waals surface area contributed by atoms with E-state index in [1.54, 1.807) is 41.3 Å². The second-order valence-electron chi connectivity index (χ2n) is 6.78. The molecule has 7 nitrogen and oxygen atoms in total. The molecule has 2 atom stereocenters. The van der Waals surface area contributed by atoms with Crippen LogP contribution in [0.4, 0.5) is 10.1 Å². The molecule has 154 valence electrons. The third kappa shape index (κ3) is 5.38. The maximum atomic E-state index is 13.1. The molecule has 8 heteroatoms. The molecule has 1 heterocycles. The summed E-state index contributed by atoms with van der Waals surface area (Å²) in [7, 11) is 1.43. The number of aliphatic hydroxyl groups is 1. The second-order valence-corrected chi connectivity index (χ2v) is 6.78. The Hall–Kier alpha value is -2.81. The molecule has 0 saturated carbocycles. The molecule has 3 rings (SSSR count). The number of amides is 2. The van der Waals surface area contributed by atoms with Crippen molar-refractivity contribution in [2.75, 3.05) is 32.2 Å². The second kappa shape index (κ2) is 9.60. The van der Waals surface area contributed by atoms with Gasteiger partial charge < -0.3 is 24.8 Å². The van der Waals surface area contributed by atoms with Crippen LogP contribution in [0.3, 0.4) is 0 Å². The Kier molecular flexibility index (Phi) is 6.92. The van der Waals surface area contributed by atoms with Gasteiger partial charge in [-0.25, -0.2) is 4.39 Å². The highest BCUT2D eigenvalue weighted by atomic mass is 19.1. The lowest BCUT2D eigenvalue weighted by molar-refractivity contribution is -0.155. The number of carbonyl (C=O) groups excluding carboxylic acids is 2. The fourth-order valence-electron chi connectivity index (χ4n) is 3.19. The normalized spacial score (nSPS) is 17.8. The van der Waals surface area contributed by atoms with Gasteiger partial charge in [-0.15, -0.1) is 0 Å². The molecule has 29 heavy (non-hydrogen) atoms. The van der Waals surface area contributed by atoms with Crippen molar-refractivity contribution in [2.45, 2.75) is 18.7 Å². The third-order valence-electron chi connectivity index (χ3n) is 4.68. The number of ether oxygens (including phenoxy) is 2. The first kappa shape index (κ1) is 20.9. The van der Waals surface area contributed by atoms with Gasteiger partial charge in [-0.05, 0) is 35.4 Å². The third-order valence-corrected chi connectivity index (χ3v) is 4.68. The van der Waals surface area contributed by atoms with Crippen molar-refractivity contribution in [1.82, 2.24) is 4.90 Å². The Bertz CT molecular complexity index is 841. The standard InChI is InChI=1S/C21H23FN2O5/c1-28-12-19(25)23-17-8-4-15(5-9-17)21(27)18-11-29-13-20(26)24(18)10-14-2-6-16(22)7-3-14/h2-9,18,21,27H,10-13H2,1H3,(H,23,25). The number of nitrogens with zero attached hydrogens (tertiary/aromatic N) is 1. The predicted octanol–water partition coefficient (Wildman–Crippen LogP) is 1.87. The number of aliphatic hydroxyl groups excluding tert-OH is 1. The van der Waals surface area contributed by atoms with E-state index in [0.29, 0.717) is 11.3 Å². The van der Waals surface area contributed by atoms with Crippen LogP contribution < -0.4 is 5.32 Å². The fraction of sp³-hybridized carbons (Fsp3) is 0.333. The Morgan fingerprint density at radius 2 is 1.97 bits per heavy atom. The van der Waals surface area contributed by atoms with Crippen molar-refractivity contribution in [1.29, 1.82) is 0 Å². The number of nitrogens with one attached hydrogen (secondary N) is 1. The summed E-state index contributed by atoms with van der Waals surface area (Å²) in [5.74, 6) is -0.873. The Morgan fingerprint density at radius 3 is 2.62 bits per heavy atom. The van der Waals surface area contributed by atoms with E-state index in [1.807, 2.05) is 0 Å². The first-order valence-corrected chi connectivity index (χ1v) is 9.16. The number of hydrogen-bond donors (Lipinski definition) is 2. The van der Waals surface area contributed by atoms with Gasteiger partial charge in [-0.3, -0.25) is 9.59 Å². The first-order valence-electron chi connectivity index (χ1n) is 9.16. The summed E-state index contributed by atoms with van der Waals surface area (Å²) in [6.45, 7) is 0.314. The monoisotopic (exact) mass is 402 g/mol. The number of hydrogen-bond acceptors (Lipinski definition) is 5. The van der Waals surface area contributed by atoms with Gasteiger partial charge in [0.2, 0.25) is 11.8 Å². The number of halogens is 1. The molecular formula is C21H23FN2O5. The highest BCUT2D eigenvalue weighted by Gasteiger charge is 2.34. The highest BCUT2D eigenvalue weighted by Crippen LogP contribution is 2.26. The largest absolute Gasteiger partial charge is 0.386 e. The van der Waals surface area contributed by atoms with Gasteiger partial charge in [0, 0.05) is 19.3 Å². The fourth-order valence-corrected chi connectivity index (χ4v) is 3.19. The van der Waals surface area contributed by atoms with Gasteiger partial charge in [-0.1, -0.05) is 24.3 Å². The van der Waals surface area contributed by atoms with Crippen molar-refractivity contribution >= 4 is 17.5 Å². The molecule has 2 aromatic carbocycles. The molecular weight excluding hydrogens is 379 g/mol. The lowest BCUT2D eigenvalue weighted by Crippen LogP contribution is -2.51. The van der Waals surface area contributed by atoms with Crippen LogP contribution in [0.15, 0.2) is 48.5 Å². The van der Waals surface area contributed by atoms with E-state index in [9.17, 15) is 19.1 Å². The van der Waals surface area contributed by atoms with Crippen LogP contribution in [0.1, 0.15) is 17.2 Å². The van der Waals surface area contributed by atoms with Crippen molar-refractivity contribution in [2.24, 2.45) is 0 Å². The van der Waals surface area contributed by atoms with E-state index >= 15 is 0 Å². The summed E-state index contributed by atoms with van der Waals surface area (Å²) in [6, 6.07) is 12.0. The smallest absolute Gasteiger partial charge is 0.250 e. The Balaban J connectivity index is 1.72. The average Bonchev–Trinajstić information content (AvgIpc) is 2.71. The molecule has 0 radical (unpaired) electrons. The minimum Gasteiger partial charge on any atom is -0.386 e. The molecule has 0 aliphatic carbocycles. The van der Waals surface area contributed by atoms with Gasteiger partial charge in [0.25, 0.3) is 0 Å². The van der Waals surface area contributed by atoms with E-state index < -0.39 is 12.1 Å². The van der Waals surface area contributed by atoms with Crippen LogP contribution in [0.5, 0.6) is 0 Å².